The van der Waals surface area contributed by atoms with Gasteiger partial charge in [0.1, 0.15) is 5.82 Å². The fourth-order valence-electron chi connectivity index (χ4n) is 1.00. The van der Waals surface area contributed by atoms with E-state index in [-0.39, 0.29) is 5.95 Å². The predicted molar refractivity (Wildman–Crippen MR) is 59.8 cm³/mol. The predicted octanol–water partition coefficient (Wildman–Crippen LogP) is 0.822. The highest BCUT2D eigenvalue weighted by molar-refractivity contribution is 5.85. The van der Waals surface area contributed by atoms with E-state index in [0.29, 0.717) is 11.5 Å². The van der Waals surface area contributed by atoms with E-state index in [4.69, 9.17) is 21.4 Å². The summed E-state index contributed by atoms with van der Waals surface area (Å²) in [6, 6.07) is 3.58. The second kappa shape index (κ2) is 5.33. The van der Waals surface area contributed by atoms with Crippen LogP contribution < -0.4 is 11.5 Å². The van der Waals surface area contributed by atoms with E-state index in [1.54, 1.807) is 18.3 Å². The van der Waals surface area contributed by atoms with Crippen molar-refractivity contribution < 1.29 is 23.1 Å². The Hall–Kier alpha value is -2.65. The quantitative estimate of drug-likeness (QED) is 0.649. The summed E-state index contributed by atoms with van der Waals surface area (Å²) in [5.41, 5.74) is 11.5. The summed E-state index contributed by atoms with van der Waals surface area (Å²) >= 11 is 0. The molecule has 0 saturated heterocycles. The first-order chi connectivity index (χ1) is 8.71. The standard InChI is InChI=1S/C7H7N5.C2HF3O2/c8-5-4-2-1-3-10-6(4)12-7(9)11-5;3-2(4,5)1(6)7/h1-3H,(H4,8,9,10,11,12);(H,6,7). The van der Waals surface area contributed by atoms with Crippen molar-refractivity contribution >= 4 is 28.8 Å². The molecule has 0 radical (unpaired) electrons. The van der Waals surface area contributed by atoms with Crippen LogP contribution in [0.1, 0.15) is 0 Å². The summed E-state index contributed by atoms with van der Waals surface area (Å²) in [5, 5.41) is 7.85. The van der Waals surface area contributed by atoms with Crippen LogP contribution in [0.25, 0.3) is 11.0 Å². The number of alkyl halides is 3. The second-order valence-electron chi connectivity index (χ2n) is 3.14. The average molecular weight is 275 g/mol. The Morgan fingerprint density at radius 3 is 2.37 bits per heavy atom. The van der Waals surface area contributed by atoms with Crippen molar-refractivity contribution in [2.24, 2.45) is 0 Å². The van der Waals surface area contributed by atoms with Gasteiger partial charge in [0, 0.05) is 6.20 Å². The number of aromatic nitrogens is 3. The normalized spacial score (nSPS) is 10.7. The highest BCUT2D eigenvalue weighted by Gasteiger charge is 2.38. The number of carboxylic acid groups (broad SMARTS) is 1. The maximum absolute atomic E-state index is 10.6. The highest BCUT2D eigenvalue weighted by atomic mass is 19.4. The van der Waals surface area contributed by atoms with E-state index in [9.17, 15) is 13.2 Å². The molecule has 0 aromatic carbocycles. The molecule has 0 amide bonds. The van der Waals surface area contributed by atoms with Crippen LogP contribution in [0.5, 0.6) is 0 Å². The third-order valence-corrected chi connectivity index (χ3v) is 1.76. The van der Waals surface area contributed by atoms with E-state index < -0.39 is 12.1 Å². The molecule has 2 rings (SSSR count). The summed E-state index contributed by atoms with van der Waals surface area (Å²) in [6.45, 7) is 0. The number of nitrogens with two attached hydrogens (primary N) is 2. The fraction of sp³-hybridized carbons (Fsp3) is 0.111. The SMILES string of the molecule is Nc1nc(N)c2cccnc2n1.O=C(O)C(F)(F)F. The van der Waals surface area contributed by atoms with E-state index in [1.165, 1.54) is 0 Å². The number of nitrogens with zero attached hydrogens (tertiary/aromatic N) is 3. The lowest BCUT2D eigenvalue weighted by Gasteiger charge is -1.99. The Morgan fingerprint density at radius 1 is 1.26 bits per heavy atom. The molecule has 0 aliphatic heterocycles. The van der Waals surface area contributed by atoms with Gasteiger partial charge in [0.2, 0.25) is 5.95 Å². The molecule has 10 heteroatoms. The van der Waals surface area contributed by atoms with Crippen molar-refractivity contribution in [1.82, 2.24) is 15.0 Å². The molecule has 0 spiro atoms. The Kier molecular flexibility index (Phi) is 4.04. The Labute approximate surface area is 104 Å². The number of halogens is 3. The zero-order chi connectivity index (χ0) is 14.6. The summed E-state index contributed by atoms with van der Waals surface area (Å²) in [5.74, 6) is -2.24. The number of anilines is 2. The number of pyridine rings is 1. The van der Waals surface area contributed by atoms with Crippen molar-refractivity contribution in [2.75, 3.05) is 11.5 Å². The van der Waals surface area contributed by atoms with Crippen LogP contribution in [0.2, 0.25) is 0 Å². The molecule has 2 heterocycles. The van der Waals surface area contributed by atoms with Crippen LogP contribution in [0.3, 0.4) is 0 Å². The number of aliphatic carboxylic acids is 1. The van der Waals surface area contributed by atoms with Gasteiger partial charge in [-0.05, 0) is 12.1 Å². The zero-order valence-electron chi connectivity index (χ0n) is 9.22. The van der Waals surface area contributed by atoms with Crippen LogP contribution in [0.4, 0.5) is 24.9 Å². The largest absolute Gasteiger partial charge is 0.490 e. The van der Waals surface area contributed by atoms with Crippen LogP contribution in [-0.4, -0.2) is 32.2 Å². The molecule has 102 valence electrons. The molecule has 0 bridgehead atoms. The second-order valence-corrected chi connectivity index (χ2v) is 3.14. The molecule has 7 nitrogen and oxygen atoms in total. The number of rotatable bonds is 0. The first kappa shape index (κ1) is 14.4. The van der Waals surface area contributed by atoms with E-state index in [0.717, 1.165) is 5.39 Å². The lowest BCUT2D eigenvalue weighted by Crippen LogP contribution is -2.21. The molecule has 0 fully saturated rings. The van der Waals surface area contributed by atoms with Crippen molar-refractivity contribution in [2.45, 2.75) is 6.18 Å². The zero-order valence-corrected chi connectivity index (χ0v) is 9.22. The number of fused-ring (bicyclic) bond motifs is 1. The van der Waals surface area contributed by atoms with Crippen LogP contribution in [-0.2, 0) is 4.79 Å². The molecule has 0 aliphatic carbocycles. The van der Waals surface area contributed by atoms with Crippen molar-refractivity contribution in [3.05, 3.63) is 18.3 Å². The molecule has 2 aromatic heterocycles. The molecule has 0 aliphatic rings. The molecular formula is C9H8F3N5O2. The van der Waals surface area contributed by atoms with Gasteiger partial charge in [-0.3, -0.25) is 0 Å². The highest BCUT2D eigenvalue weighted by Crippen LogP contribution is 2.15. The minimum Gasteiger partial charge on any atom is -0.475 e. The summed E-state index contributed by atoms with van der Waals surface area (Å²) in [6.07, 6.45) is -3.45. The number of hydrogen-bond donors (Lipinski definition) is 3. The topological polar surface area (TPSA) is 128 Å². The van der Waals surface area contributed by atoms with Gasteiger partial charge < -0.3 is 16.6 Å². The Bertz CT molecular complexity index is 602. The smallest absolute Gasteiger partial charge is 0.475 e. The minimum absolute atomic E-state index is 0.152. The molecule has 0 unspecified atom stereocenters. The molecule has 0 atom stereocenters. The number of hydrogen-bond acceptors (Lipinski definition) is 6. The van der Waals surface area contributed by atoms with Gasteiger partial charge in [0.25, 0.3) is 0 Å². The van der Waals surface area contributed by atoms with E-state index in [1.807, 2.05) is 0 Å². The van der Waals surface area contributed by atoms with Crippen LogP contribution in [0, 0.1) is 0 Å². The molecular weight excluding hydrogens is 267 g/mol. The van der Waals surface area contributed by atoms with Gasteiger partial charge in [0.05, 0.1) is 5.39 Å². The molecule has 0 saturated carbocycles. The Balaban J connectivity index is 0.000000224. The fourth-order valence-corrected chi connectivity index (χ4v) is 1.00. The van der Waals surface area contributed by atoms with Gasteiger partial charge >= 0.3 is 12.1 Å². The maximum atomic E-state index is 10.6. The van der Waals surface area contributed by atoms with Gasteiger partial charge in [-0.2, -0.15) is 23.1 Å². The molecule has 2 aromatic rings. The third kappa shape index (κ3) is 3.94. The van der Waals surface area contributed by atoms with Gasteiger partial charge in [-0.25, -0.2) is 9.78 Å². The lowest BCUT2D eigenvalue weighted by atomic mass is 10.3. The van der Waals surface area contributed by atoms with Gasteiger partial charge in [-0.1, -0.05) is 0 Å². The third-order valence-electron chi connectivity index (χ3n) is 1.76. The van der Waals surface area contributed by atoms with Gasteiger partial charge in [-0.15, -0.1) is 0 Å². The minimum atomic E-state index is -5.08. The monoisotopic (exact) mass is 275 g/mol. The summed E-state index contributed by atoms with van der Waals surface area (Å²) < 4.78 is 31.7. The van der Waals surface area contributed by atoms with E-state index >= 15 is 0 Å². The first-order valence-corrected chi connectivity index (χ1v) is 4.65. The van der Waals surface area contributed by atoms with Crippen LogP contribution >= 0.6 is 0 Å². The van der Waals surface area contributed by atoms with Crippen molar-refractivity contribution in [3.63, 3.8) is 0 Å². The average Bonchev–Trinajstić information content (AvgIpc) is 2.28. The molecule has 19 heavy (non-hydrogen) atoms. The first-order valence-electron chi connectivity index (χ1n) is 4.65. The summed E-state index contributed by atoms with van der Waals surface area (Å²) in [7, 11) is 0. The van der Waals surface area contributed by atoms with E-state index in [2.05, 4.69) is 15.0 Å². The Morgan fingerprint density at radius 2 is 1.84 bits per heavy atom. The molecule has 5 N–H and O–H groups in total. The summed E-state index contributed by atoms with van der Waals surface area (Å²) in [4.78, 5) is 20.6. The lowest BCUT2D eigenvalue weighted by molar-refractivity contribution is -0.192. The number of carboxylic acids is 1. The number of carbonyl (C=O) groups is 1. The van der Waals surface area contributed by atoms with Crippen LogP contribution in [0.15, 0.2) is 18.3 Å². The van der Waals surface area contributed by atoms with Crippen molar-refractivity contribution in [1.29, 1.82) is 0 Å². The van der Waals surface area contributed by atoms with Gasteiger partial charge in [0.15, 0.2) is 5.65 Å². The van der Waals surface area contributed by atoms with Crippen molar-refractivity contribution in [3.8, 4) is 0 Å². The number of nitrogen functional groups attached to an aromatic ring is 2. The maximum Gasteiger partial charge on any atom is 0.490 e.